The highest BCUT2D eigenvalue weighted by Gasteiger charge is 2.07. The van der Waals surface area contributed by atoms with Gasteiger partial charge >= 0.3 is 0 Å². The molecule has 1 nitrogen and oxygen atoms in total. The quantitative estimate of drug-likeness (QED) is 0.647. The molecule has 2 rings (SSSR count). The zero-order valence-electron chi connectivity index (χ0n) is 7.58. The Labute approximate surface area is 101 Å². The summed E-state index contributed by atoms with van der Waals surface area (Å²) in [6.45, 7) is 0. The molecule has 0 amide bonds. The van der Waals surface area contributed by atoms with Crippen molar-refractivity contribution in [3.05, 3.63) is 23.1 Å². The van der Waals surface area contributed by atoms with Crippen molar-refractivity contribution in [2.45, 2.75) is 10.2 Å². The van der Waals surface area contributed by atoms with Gasteiger partial charge in [0.1, 0.15) is 5.75 Å². The lowest BCUT2D eigenvalue weighted by Crippen LogP contribution is -1.88. The monoisotopic (exact) mass is 288 g/mol. The van der Waals surface area contributed by atoms with Gasteiger partial charge in [0, 0.05) is 31.3 Å². The van der Waals surface area contributed by atoms with E-state index in [-0.39, 0.29) is 0 Å². The number of benzene rings is 1. The van der Waals surface area contributed by atoms with Crippen LogP contribution in [-0.4, -0.2) is 7.11 Å². The molecule has 0 spiro atoms. The van der Waals surface area contributed by atoms with E-state index in [9.17, 15) is 0 Å². The third-order valence-electron chi connectivity index (χ3n) is 2.10. The molecule has 0 unspecified atom stereocenters. The molecule has 0 aliphatic rings. The van der Waals surface area contributed by atoms with Gasteiger partial charge in [0.2, 0.25) is 0 Å². The Morgan fingerprint density at radius 3 is 2.93 bits per heavy atom. The second kappa shape index (κ2) is 4.13. The zero-order valence-corrected chi connectivity index (χ0v) is 10.9. The van der Waals surface area contributed by atoms with Crippen LogP contribution in [0, 0.1) is 0 Å². The lowest BCUT2D eigenvalue weighted by molar-refractivity contribution is 0.412. The lowest BCUT2D eigenvalue weighted by Gasteiger charge is -2.06. The molecule has 0 radical (unpaired) electrons. The highest BCUT2D eigenvalue weighted by atomic mass is 79.9. The van der Waals surface area contributed by atoms with Gasteiger partial charge in [-0.2, -0.15) is 0 Å². The average molecular weight is 289 g/mol. The summed E-state index contributed by atoms with van der Waals surface area (Å²) in [5, 5.41) is 4.05. The van der Waals surface area contributed by atoms with Crippen molar-refractivity contribution >= 4 is 50.0 Å². The molecule has 1 aromatic heterocycles. The summed E-state index contributed by atoms with van der Waals surface area (Å²) in [5.74, 6) is 0.935. The first-order valence-corrected chi connectivity index (χ1v) is 6.54. The first-order valence-electron chi connectivity index (χ1n) is 4.09. The number of methoxy groups -OCH3 is 1. The molecular weight excluding hydrogens is 280 g/mol. The van der Waals surface area contributed by atoms with Crippen molar-refractivity contribution in [2.75, 3.05) is 7.11 Å². The third kappa shape index (κ3) is 1.66. The maximum absolute atomic E-state index is 5.31. The summed E-state index contributed by atoms with van der Waals surface area (Å²) in [6.07, 6.45) is 0. The summed E-state index contributed by atoms with van der Waals surface area (Å²) >= 11 is 9.54. The van der Waals surface area contributed by atoms with Crippen LogP contribution in [-0.2, 0) is 5.33 Å². The Balaban J connectivity index is 2.71. The van der Waals surface area contributed by atoms with Crippen LogP contribution in [0.25, 0.3) is 10.1 Å². The van der Waals surface area contributed by atoms with Gasteiger partial charge in [0.15, 0.2) is 0 Å². The fraction of sp³-hybridized carbons (Fsp3) is 0.200. The van der Waals surface area contributed by atoms with Crippen LogP contribution in [0.1, 0.15) is 5.56 Å². The zero-order chi connectivity index (χ0) is 10.1. The van der Waals surface area contributed by atoms with Crippen LogP contribution in [0.5, 0.6) is 5.75 Å². The Morgan fingerprint density at radius 1 is 1.50 bits per heavy atom. The van der Waals surface area contributed by atoms with E-state index >= 15 is 0 Å². The van der Waals surface area contributed by atoms with E-state index in [1.165, 1.54) is 10.1 Å². The van der Waals surface area contributed by atoms with Gasteiger partial charge in [-0.25, -0.2) is 0 Å². The van der Waals surface area contributed by atoms with Gasteiger partial charge in [0.25, 0.3) is 0 Å². The summed E-state index contributed by atoms with van der Waals surface area (Å²) in [5.41, 5.74) is 1.16. The minimum absolute atomic E-state index is 0.801. The number of hydrogen-bond acceptors (Lipinski definition) is 3. The van der Waals surface area contributed by atoms with Crippen molar-refractivity contribution < 1.29 is 4.74 Å². The van der Waals surface area contributed by atoms with Crippen LogP contribution in [0.2, 0.25) is 0 Å². The van der Waals surface area contributed by atoms with Crippen molar-refractivity contribution in [3.8, 4) is 5.75 Å². The minimum atomic E-state index is 0.801. The average Bonchev–Trinajstić information content (AvgIpc) is 2.58. The number of alkyl halides is 1. The van der Waals surface area contributed by atoms with Crippen LogP contribution in [0.3, 0.4) is 0 Å². The third-order valence-corrected chi connectivity index (χ3v) is 4.19. The number of hydrogen-bond donors (Lipinski definition) is 1. The standard InChI is InChI=1S/C10H9BrOS2/c1-12-8-3-10-7(2-6(8)4-11)9(13)5-14-10/h2-3,5,13H,4H2,1H3. The van der Waals surface area contributed by atoms with Crippen LogP contribution in [0.15, 0.2) is 22.4 Å². The van der Waals surface area contributed by atoms with E-state index in [4.69, 9.17) is 4.74 Å². The predicted octanol–water partition coefficient (Wildman–Crippen LogP) is 4.09. The van der Waals surface area contributed by atoms with Gasteiger partial charge in [-0.05, 0) is 12.1 Å². The number of halogens is 1. The molecule has 74 valence electrons. The number of ether oxygens (including phenoxy) is 1. The SMILES string of the molecule is COc1cc2scc(S)c2cc1CBr. The molecular formula is C10H9BrOS2. The van der Waals surface area contributed by atoms with Crippen molar-refractivity contribution in [2.24, 2.45) is 0 Å². The summed E-state index contributed by atoms with van der Waals surface area (Å²) < 4.78 is 6.52. The molecule has 0 aliphatic carbocycles. The van der Waals surface area contributed by atoms with E-state index in [2.05, 4.69) is 40.7 Å². The second-order valence-electron chi connectivity index (χ2n) is 2.91. The van der Waals surface area contributed by atoms with E-state index in [1.807, 2.05) is 5.38 Å². The van der Waals surface area contributed by atoms with Gasteiger partial charge < -0.3 is 4.74 Å². The molecule has 0 bridgehead atoms. The fourth-order valence-electron chi connectivity index (χ4n) is 1.38. The smallest absolute Gasteiger partial charge is 0.124 e. The number of fused-ring (bicyclic) bond motifs is 1. The molecule has 0 saturated carbocycles. The molecule has 0 aliphatic heterocycles. The maximum atomic E-state index is 5.31. The molecule has 2 aromatic rings. The molecule has 0 N–H and O–H groups in total. The van der Waals surface area contributed by atoms with Crippen LogP contribution < -0.4 is 4.74 Å². The van der Waals surface area contributed by atoms with Crippen LogP contribution >= 0.6 is 39.9 Å². The predicted molar refractivity (Wildman–Crippen MR) is 68.3 cm³/mol. The molecule has 14 heavy (non-hydrogen) atoms. The Kier molecular flexibility index (Phi) is 3.04. The Hall–Kier alpha value is -0.190. The number of rotatable bonds is 2. The Morgan fingerprint density at radius 2 is 2.29 bits per heavy atom. The molecule has 4 heteroatoms. The number of thiophene rings is 1. The van der Waals surface area contributed by atoms with Gasteiger partial charge in [-0.15, -0.1) is 24.0 Å². The van der Waals surface area contributed by atoms with Gasteiger partial charge in [0.05, 0.1) is 7.11 Å². The minimum Gasteiger partial charge on any atom is -0.496 e. The number of thiol groups is 1. The second-order valence-corrected chi connectivity index (χ2v) is 4.87. The molecule has 0 saturated heterocycles. The van der Waals surface area contributed by atoms with Gasteiger partial charge in [-0.1, -0.05) is 15.9 Å². The fourth-order valence-corrected chi connectivity index (χ4v) is 3.07. The van der Waals surface area contributed by atoms with E-state index in [0.717, 1.165) is 21.5 Å². The van der Waals surface area contributed by atoms with E-state index in [1.54, 1.807) is 18.4 Å². The van der Waals surface area contributed by atoms with E-state index in [0.29, 0.717) is 0 Å². The van der Waals surface area contributed by atoms with Crippen molar-refractivity contribution in [1.29, 1.82) is 0 Å². The highest BCUT2D eigenvalue weighted by Crippen LogP contribution is 2.34. The first-order chi connectivity index (χ1) is 6.76. The topological polar surface area (TPSA) is 9.23 Å². The van der Waals surface area contributed by atoms with E-state index < -0.39 is 0 Å². The molecule has 1 aromatic carbocycles. The molecule has 0 fully saturated rings. The summed E-state index contributed by atoms with van der Waals surface area (Å²) in [4.78, 5) is 1.04. The lowest BCUT2D eigenvalue weighted by atomic mass is 10.2. The largest absolute Gasteiger partial charge is 0.496 e. The van der Waals surface area contributed by atoms with Gasteiger partial charge in [-0.3, -0.25) is 0 Å². The Bertz CT molecular complexity index is 464. The summed E-state index contributed by atoms with van der Waals surface area (Å²) in [7, 11) is 1.70. The first kappa shape index (κ1) is 10.3. The van der Waals surface area contributed by atoms with Crippen molar-refractivity contribution in [1.82, 2.24) is 0 Å². The molecule has 0 atom stereocenters. The van der Waals surface area contributed by atoms with Crippen LogP contribution in [0.4, 0.5) is 0 Å². The van der Waals surface area contributed by atoms with Crippen molar-refractivity contribution in [3.63, 3.8) is 0 Å². The normalized spacial score (nSPS) is 10.8. The summed E-state index contributed by atoms with van der Waals surface area (Å²) in [6, 6.07) is 4.19. The highest BCUT2D eigenvalue weighted by molar-refractivity contribution is 9.08. The maximum Gasteiger partial charge on any atom is 0.124 e. The molecule has 1 heterocycles.